The molecule has 92 valence electrons. The van der Waals surface area contributed by atoms with E-state index in [4.69, 9.17) is 0 Å². The lowest BCUT2D eigenvalue weighted by Crippen LogP contribution is -2.10. The van der Waals surface area contributed by atoms with Gasteiger partial charge >= 0.3 is 0 Å². The predicted molar refractivity (Wildman–Crippen MR) is 73.5 cm³/mol. The van der Waals surface area contributed by atoms with E-state index in [-0.39, 0.29) is 11.7 Å². The van der Waals surface area contributed by atoms with E-state index in [2.05, 4.69) is 5.32 Å². The second-order valence-corrected chi connectivity index (χ2v) is 4.99. The van der Waals surface area contributed by atoms with E-state index in [9.17, 15) is 9.59 Å². The third kappa shape index (κ3) is 2.84. The maximum Gasteiger partial charge on any atom is 0.265 e. The third-order valence-electron chi connectivity index (χ3n) is 2.48. The van der Waals surface area contributed by atoms with Gasteiger partial charge in [-0.2, -0.15) is 0 Å². The van der Waals surface area contributed by atoms with Crippen molar-refractivity contribution < 1.29 is 9.59 Å². The molecule has 1 N–H and O–H groups in total. The molecule has 0 bridgehead atoms. The number of ketones is 1. The number of anilines is 1. The number of carbonyl (C=O) groups is 2. The summed E-state index contributed by atoms with van der Waals surface area (Å²) in [4.78, 5) is 23.8. The molecule has 18 heavy (non-hydrogen) atoms. The van der Waals surface area contributed by atoms with Gasteiger partial charge in [-0.3, -0.25) is 9.59 Å². The van der Waals surface area contributed by atoms with Crippen LogP contribution in [-0.2, 0) is 0 Å². The van der Waals surface area contributed by atoms with Gasteiger partial charge < -0.3 is 5.32 Å². The van der Waals surface area contributed by atoms with Crippen LogP contribution in [-0.4, -0.2) is 11.7 Å². The van der Waals surface area contributed by atoms with Crippen molar-refractivity contribution in [2.45, 2.75) is 13.8 Å². The summed E-state index contributed by atoms with van der Waals surface area (Å²) in [5.41, 5.74) is 2.30. The fraction of sp³-hybridized carbons (Fsp3) is 0.143. The van der Waals surface area contributed by atoms with Crippen LogP contribution in [0.2, 0.25) is 0 Å². The Hall–Kier alpha value is -1.94. The van der Waals surface area contributed by atoms with Gasteiger partial charge in [-0.15, -0.1) is 11.3 Å². The minimum atomic E-state index is -0.145. The quantitative estimate of drug-likeness (QED) is 0.857. The number of benzene rings is 1. The Kier molecular flexibility index (Phi) is 3.58. The molecule has 1 amide bonds. The molecule has 0 unspecified atom stereocenters. The summed E-state index contributed by atoms with van der Waals surface area (Å²) < 4.78 is 0. The monoisotopic (exact) mass is 259 g/mol. The second-order valence-electron chi connectivity index (χ2n) is 4.08. The van der Waals surface area contributed by atoms with Crippen LogP contribution in [0.5, 0.6) is 0 Å². The van der Waals surface area contributed by atoms with Crippen molar-refractivity contribution in [3.63, 3.8) is 0 Å². The Morgan fingerprint density at radius 2 is 2.00 bits per heavy atom. The molecule has 1 aromatic carbocycles. The van der Waals surface area contributed by atoms with Gasteiger partial charge in [-0.1, -0.05) is 12.1 Å². The van der Waals surface area contributed by atoms with E-state index in [1.54, 1.807) is 24.3 Å². The molecule has 0 spiro atoms. The number of thiophene rings is 1. The van der Waals surface area contributed by atoms with Gasteiger partial charge in [-0.25, -0.2) is 0 Å². The lowest BCUT2D eigenvalue weighted by molar-refractivity contribution is 0.101. The van der Waals surface area contributed by atoms with E-state index in [0.29, 0.717) is 16.1 Å². The van der Waals surface area contributed by atoms with Crippen LogP contribution < -0.4 is 5.32 Å². The van der Waals surface area contributed by atoms with Gasteiger partial charge in [0, 0.05) is 11.3 Å². The zero-order valence-electron chi connectivity index (χ0n) is 10.2. The van der Waals surface area contributed by atoms with Crippen molar-refractivity contribution in [3.8, 4) is 0 Å². The van der Waals surface area contributed by atoms with E-state index in [1.165, 1.54) is 18.3 Å². The molecular formula is C14H13NO2S. The third-order valence-corrected chi connectivity index (χ3v) is 3.53. The Morgan fingerprint density at radius 1 is 1.22 bits per heavy atom. The minimum absolute atomic E-state index is 0.0157. The predicted octanol–water partition coefficient (Wildman–Crippen LogP) is 3.51. The van der Waals surface area contributed by atoms with Crippen LogP contribution in [0.15, 0.2) is 35.7 Å². The van der Waals surface area contributed by atoms with Gasteiger partial charge in [0.05, 0.1) is 4.88 Å². The zero-order valence-corrected chi connectivity index (χ0v) is 11.0. The van der Waals surface area contributed by atoms with E-state index in [0.717, 1.165) is 5.56 Å². The SMILES string of the molecule is CC(=O)c1cccc(NC(=O)c2cc(C)cs2)c1. The molecule has 1 heterocycles. The van der Waals surface area contributed by atoms with Crippen LogP contribution in [0.1, 0.15) is 32.5 Å². The van der Waals surface area contributed by atoms with Crippen LogP contribution in [0.25, 0.3) is 0 Å². The highest BCUT2D eigenvalue weighted by atomic mass is 32.1. The number of amides is 1. The zero-order chi connectivity index (χ0) is 13.1. The first-order valence-corrected chi connectivity index (χ1v) is 6.42. The second kappa shape index (κ2) is 5.14. The number of carbonyl (C=O) groups excluding carboxylic acids is 2. The van der Waals surface area contributed by atoms with Crippen LogP contribution in [0.3, 0.4) is 0 Å². The highest BCUT2D eigenvalue weighted by molar-refractivity contribution is 7.12. The van der Waals surface area contributed by atoms with Crippen LogP contribution >= 0.6 is 11.3 Å². The molecule has 0 radical (unpaired) electrons. The lowest BCUT2D eigenvalue weighted by Gasteiger charge is -2.04. The van der Waals surface area contributed by atoms with Gasteiger partial charge in [0.25, 0.3) is 5.91 Å². The van der Waals surface area contributed by atoms with Crippen LogP contribution in [0.4, 0.5) is 5.69 Å². The molecule has 2 rings (SSSR count). The number of nitrogens with one attached hydrogen (secondary N) is 1. The maximum atomic E-state index is 11.9. The maximum absolute atomic E-state index is 11.9. The average Bonchev–Trinajstić information content (AvgIpc) is 2.76. The van der Waals surface area contributed by atoms with Crippen molar-refractivity contribution >= 4 is 28.7 Å². The molecule has 4 heteroatoms. The highest BCUT2D eigenvalue weighted by Gasteiger charge is 2.09. The number of aryl methyl sites for hydroxylation is 1. The summed E-state index contributed by atoms with van der Waals surface area (Å²) in [5.74, 6) is -0.160. The molecule has 0 aliphatic rings. The molecule has 0 fully saturated rings. The van der Waals surface area contributed by atoms with Crippen molar-refractivity contribution in [1.82, 2.24) is 0 Å². The average molecular weight is 259 g/mol. The normalized spacial score (nSPS) is 10.1. The summed E-state index contributed by atoms with van der Waals surface area (Å²) in [5, 5.41) is 4.72. The molecule has 0 saturated heterocycles. The summed E-state index contributed by atoms with van der Waals surface area (Å²) >= 11 is 1.41. The topological polar surface area (TPSA) is 46.2 Å². The smallest absolute Gasteiger partial charge is 0.265 e. The van der Waals surface area contributed by atoms with Gasteiger partial charge in [0.2, 0.25) is 0 Å². The number of hydrogen-bond acceptors (Lipinski definition) is 3. The number of Topliss-reactive ketones (excluding diaryl/α,β-unsaturated/α-hetero) is 1. The van der Waals surface area contributed by atoms with Crippen molar-refractivity contribution in [3.05, 3.63) is 51.7 Å². The Balaban J connectivity index is 2.16. The largest absolute Gasteiger partial charge is 0.321 e. The van der Waals surface area contributed by atoms with Crippen LogP contribution in [0, 0.1) is 6.92 Å². The first-order chi connectivity index (χ1) is 8.56. The fourth-order valence-corrected chi connectivity index (χ4v) is 2.35. The van der Waals surface area contributed by atoms with E-state index in [1.807, 2.05) is 18.4 Å². The fourth-order valence-electron chi connectivity index (χ4n) is 1.56. The summed E-state index contributed by atoms with van der Waals surface area (Å²) in [7, 11) is 0. The number of rotatable bonds is 3. The van der Waals surface area contributed by atoms with Gasteiger partial charge in [0.1, 0.15) is 0 Å². The summed E-state index contributed by atoms with van der Waals surface area (Å²) in [6, 6.07) is 8.78. The van der Waals surface area contributed by atoms with Crippen molar-refractivity contribution in [2.75, 3.05) is 5.32 Å². The standard InChI is InChI=1S/C14H13NO2S/c1-9-6-13(18-8-9)14(17)15-12-5-3-4-11(7-12)10(2)16/h3-8H,1-2H3,(H,15,17). The molecular weight excluding hydrogens is 246 g/mol. The highest BCUT2D eigenvalue weighted by Crippen LogP contribution is 2.17. The van der Waals surface area contributed by atoms with Crippen molar-refractivity contribution in [1.29, 1.82) is 0 Å². The first kappa shape index (κ1) is 12.5. The first-order valence-electron chi connectivity index (χ1n) is 5.54. The van der Waals surface area contributed by atoms with E-state index >= 15 is 0 Å². The summed E-state index contributed by atoms with van der Waals surface area (Å²) in [6.07, 6.45) is 0. The lowest BCUT2D eigenvalue weighted by atomic mass is 10.1. The molecule has 1 aromatic heterocycles. The van der Waals surface area contributed by atoms with Gasteiger partial charge in [-0.05, 0) is 43.0 Å². The van der Waals surface area contributed by atoms with Crippen molar-refractivity contribution in [2.24, 2.45) is 0 Å². The molecule has 0 atom stereocenters. The summed E-state index contributed by atoms with van der Waals surface area (Å²) in [6.45, 7) is 3.45. The molecule has 3 nitrogen and oxygen atoms in total. The Labute approximate surface area is 109 Å². The molecule has 0 aliphatic carbocycles. The number of hydrogen-bond donors (Lipinski definition) is 1. The van der Waals surface area contributed by atoms with Gasteiger partial charge in [0.15, 0.2) is 5.78 Å². The minimum Gasteiger partial charge on any atom is -0.321 e. The van der Waals surface area contributed by atoms with E-state index < -0.39 is 0 Å². The Bertz CT molecular complexity index is 601. The molecule has 0 aliphatic heterocycles. The molecule has 2 aromatic rings. The molecule has 0 saturated carbocycles. The Morgan fingerprint density at radius 3 is 2.61 bits per heavy atom.